The van der Waals surface area contributed by atoms with Crippen molar-refractivity contribution in [1.29, 1.82) is 0 Å². The van der Waals surface area contributed by atoms with Crippen LogP contribution in [0.5, 0.6) is 5.75 Å². The highest BCUT2D eigenvalue weighted by molar-refractivity contribution is 5.48. The summed E-state index contributed by atoms with van der Waals surface area (Å²) in [7, 11) is 0. The Kier molecular flexibility index (Phi) is 4.65. The summed E-state index contributed by atoms with van der Waals surface area (Å²) >= 11 is 0. The van der Waals surface area contributed by atoms with E-state index in [0.717, 1.165) is 31.5 Å². The summed E-state index contributed by atoms with van der Waals surface area (Å²) < 4.78 is 5.88. The van der Waals surface area contributed by atoms with Crippen molar-refractivity contribution in [3.63, 3.8) is 0 Å². The third-order valence-electron chi connectivity index (χ3n) is 6.77. The molecule has 0 spiro atoms. The minimum absolute atomic E-state index is 0.102. The molecule has 0 radical (unpaired) electrons. The van der Waals surface area contributed by atoms with Crippen LogP contribution in [0.15, 0.2) is 30.0 Å². The Balaban J connectivity index is 1.89. The van der Waals surface area contributed by atoms with Crippen LogP contribution < -0.4 is 0 Å². The van der Waals surface area contributed by atoms with Gasteiger partial charge in [-0.05, 0) is 68.3 Å². The van der Waals surface area contributed by atoms with Gasteiger partial charge in [0.1, 0.15) is 11.9 Å². The van der Waals surface area contributed by atoms with E-state index in [1.807, 2.05) is 18.4 Å². The fourth-order valence-corrected chi connectivity index (χ4v) is 4.88. The average molecular weight is 344 g/mol. The zero-order valence-corrected chi connectivity index (χ0v) is 16.6. The second-order valence-corrected chi connectivity index (χ2v) is 8.96. The molecule has 25 heavy (non-hydrogen) atoms. The number of nitrogens with zero attached hydrogens (tertiary/aromatic N) is 1. The molecule has 1 N–H and O–H groups in total. The highest BCUT2D eigenvalue weighted by atomic mass is 16.5. The van der Waals surface area contributed by atoms with Crippen molar-refractivity contribution in [3.05, 3.63) is 41.2 Å². The van der Waals surface area contributed by atoms with Crippen LogP contribution in [0.4, 0.5) is 0 Å². The molecule has 3 heteroatoms. The normalized spacial score (nSPS) is 28.8. The smallest absolute Gasteiger partial charge is 0.119 e. The zero-order chi connectivity index (χ0) is 18.4. The Hall–Kier alpha value is -1.48. The molecule has 0 saturated carbocycles. The van der Waals surface area contributed by atoms with E-state index in [9.17, 15) is 5.11 Å². The molecule has 1 aromatic carbocycles. The number of likely N-dealkylation sites (tertiary alicyclic amines) is 1. The third-order valence-corrected chi connectivity index (χ3v) is 6.77. The SMILES string of the molecule is CC(C)=COC(C)CN1CCC2(C)c3cccc(O)c3C[C@@H]1C2(C)C. The van der Waals surface area contributed by atoms with E-state index in [1.165, 1.54) is 11.1 Å². The number of allylic oxidation sites excluding steroid dienone is 1. The van der Waals surface area contributed by atoms with Gasteiger partial charge in [-0.2, -0.15) is 0 Å². The summed E-state index contributed by atoms with van der Waals surface area (Å²) in [5.41, 5.74) is 3.95. The van der Waals surface area contributed by atoms with Gasteiger partial charge in [-0.25, -0.2) is 0 Å². The zero-order valence-electron chi connectivity index (χ0n) is 16.6. The molecule has 1 aromatic rings. The maximum Gasteiger partial charge on any atom is 0.119 e. The minimum atomic E-state index is 0.102. The second-order valence-electron chi connectivity index (χ2n) is 8.96. The number of ether oxygens (including phenoxy) is 1. The molecule has 3 rings (SSSR count). The van der Waals surface area contributed by atoms with Crippen molar-refractivity contribution in [2.75, 3.05) is 13.1 Å². The summed E-state index contributed by atoms with van der Waals surface area (Å²) in [6, 6.07) is 6.48. The molecule has 1 aliphatic carbocycles. The lowest BCUT2D eigenvalue weighted by atomic mass is 9.51. The molecule has 138 valence electrons. The highest BCUT2D eigenvalue weighted by Gasteiger charge is 2.56. The maximum atomic E-state index is 10.5. The first-order valence-corrected chi connectivity index (χ1v) is 9.51. The van der Waals surface area contributed by atoms with Crippen molar-refractivity contribution in [3.8, 4) is 5.75 Å². The van der Waals surface area contributed by atoms with Gasteiger partial charge in [0.05, 0.1) is 6.26 Å². The van der Waals surface area contributed by atoms with Gasteiger partial charge in [-0.15, -0.1) is 0 Å². The fraction of sp³-hybridized carbons (Fsp3) is 0.636. The quantitative estimate of drug-likeness (QED) is 0.809. The number of phenolic OH excluding ortho intramolecular Hbond substituents is 1. The van der Waals surface area contributed by atoms with Crippen molar-refractivity contribution in [1.82, 2.24) is 4.90 Å². The molecule has 2 bridgehead atoms. The second kappa shape index (κ2) is 6.35. The Bertz CT molecular complexity index is 675. The Morgan fingerprint density at radius 1 is 1.36 bits per heavy atom. The number of fused-ring (bicyclic) bond motifs is 4. The summed E-state index contributed by atoms with van der Waals surface area (Å²) in [4.78, 5) is 2.58. The highest BCUT2D eigenvalue weighted by Crippen LogP contribution is 2.57. The van der Waals surface area contributed by atoms with Crippen LogP contribution in [0.25, 0.3) is 0 Å². The van der Waals surface area contributed by atoms with Gasteiger partial charge in [0, 0.05) is 18.0 Å². The van der Waals surface area contributed by atoms with E-state index < -0.39 is 0 Å². The largest absolute Gasteiger partial charge is 0.508 e. The molecule has 1 heterocycles. The van der Waals surface area contributed by atoms with Crippen LogP contribution in [0, 0.1) is 5.41 Å². The summed E-state index contributed by atoms with van der Waals surface area (Å²) in [5, 5.41) is 10.5. The van der Waals surface area contributed by atoms with Crippen LogP contribution in [0.2, 0.25) is 0 Å². The number of aromatic hydroxyl groups is 1. The van der Waals surface area contributed by atoms with Crippen LogP contribution in [-0.2, 0) is 16.6 Å². The van der Waals surface area contributed by atoms with Crippen molar-refractivity contribution >= 4 is 0 Å². The predicted octanol–water partition coefficient (Wildman–Crippen LogP) is 4.64. The number of rotatable bonds is 4. The van der Waals surface area contributed by atoms with Gasteiger partial charge in [0.2, 0.25) is 0 Å². The van der Waals surface area contributed by atoms with E-state index in [2.05, 4.69) is 52.5 Å². The third kappa shape index (κ3) is 2.97. The van der Waals surface area contributed by atoms with Crippen molar-refractivity contribution in [2.45, 2.75) is 71.9 Å². The van der Waals surface area contributed by atoms with Gasteiger partial charge in [-0.1, -0.05) is 32.9 Å². The average Bonchev–Trinajstić information content (AvgIpc) is 2.52. The van der Waals surface area contributed by atoms with Crippen LogP contribution in [0.3, 0.4) is 0 Å². The first-order valence-electron chi connectivity index (χ1n) is 9.51. The number of hydrogen-bond donors (Lipinski definition) is 1. The molecule has 2 unspecified atom stereocenters. The lowest BCUT2D eigenvalue weighted by Crippen LogP contribution is -2.64. The van der Waals surface area contributed by atoms with Gasteiger partial charge in [-0.3, -0.25) is 4.90 Å². The van der Waals surface area contributed by atoms with E-state index in [4.69, 9.17) is 4.74 Å². The predicted molar refractivity (Wildman–Crippen MR) is 103 cm³/mol. The molecule has 1 fully saturated rings. The van der Waals surface area contributed by atoms with Crippen LogP contribution in [0.1, 0.15) is 59.1 Å². The Morgan fingerprint density at radius 3 is 2.76 bits per heavy atom. The molecule has 3 atom stereocenters. The summed E-state index contributed by atoms with van der Waals surface area (Å²) in [5.74, 6) is 0.458. The molecule has 1 aliphatic heterocycles. The summed E-state index contributed by atoms with van der Waals surface area (Å²) in [6.07, 6.45) is 4.06. The molecular formula is C22H33NO2. The molecule has 0 aromatic heterocycles. The number of hydrogen-bond acceptors (Lipinski definition) is 3. The first kappa shape index (κ1) is 18.3. The van der Waals surface area contributed by atoms with Gasteiger partial charge < -0.3 is 9.84 Å². The number of benzene rings is 1. The number of phenols is 1. The molecule has 0 amide bonds. The summed E-state index contributed by atoms with van der Waals surface area (Å²) in [6.45, 7) is 15.5. The van der Waals surface area contributed by atoms with E-state index in [0.29, 0.717) is 11.8 Å². The van der Waals surface area contributed by atoms with E-state index >= 15 is 0 Å². The number of piperidine rings is 1. The topological polar surface area (TPSA) is 32.7 Å². The fourth-order valence-electron chi connectivity index (χ4n) is 4.88. The molecule has 3 nitrogen and oxygen atoms in total. The Labute approximate surface area is 152 Å². The monoisotopic (exact) mass is 343 g/mol. The van der Waals surface area contributed by atoms with Gasteiger partial charge >= 0.3 is 0 Å². The molecule has 1 saturated heterocycles. The van der Waals surface area contributed by atoms with Crippen LogP contribution in [-0.4, -0.2) is 35.2 Å². The molecule has 2 aliphatic rings. The Morgan fingerprint density at radius 2 is 2.08 bits per heavy atom. The standard InChI is InChI=1S/C22H33NO2/c1-15(2)14-25-16(3)13-23-11-10-22(6)18-8-7-9-19(24)17(18)12-20(23)21(22,4)5/h7-9,14,16,20,24H,10-13H2,1-6H3/t16?,20-,22?/m1/s1. The van der Waals surface area contributed by atoms with Gasteiger partial charge in [0.15, 0.2) is 0 Å². The van der Waals surface area contributed by atoms with Crippen LogP contribution >= 0.6 is 0 Å². The lowest BCUT2D eigenvalue weighted by molar-refractivity contribution is -0.0538. The van der Waals surface area contributed by atoms with Crippen molar-refractivity contribution in [2.24, 2.45) is 5.41 Å². The lowest BCUT2D eigenvalue weighted by Gasteiger charge is -2.61. The minimum Gasteiger partial charge on any atom is -0.508 e. The van der Waals surface area contributed by atoms with E-state index in [-0.39, 0.29) is 16.9 Å². The molecular weight excluding hydrogens is 310 g/mol. The maximum absolute atomic E-state index is 10.5. The van der Waals surface area contributed by atoms with Gasteiger partial charge in [0.25, 0.3) is 0 Å². The first-order chi connectivity index (χ1) is 11.7. The van der Waals surface area contributed by atoms with Crippen molar-refractivity contribution < 1.29 is 9.84 Å². The van der Waals surface area contributed by atoms with E-state index in [1.54, 1.807) is 0 Å².